The van der Waals surface area contributed by atoms with Crippen LogP contribution in [0.1, 0.15) is 6.92 Å². The monoisotopic (exact) mass is 192 g/mol. The first-order valence-corrected chi connectivity index (χ1v) is 3.50. The number of carbonyl (C=O) groups is 2. The van der Waals surface area contributed by atoms with Gasteiger partial charge in [-0.15, -0.1) is 0 Å². The van der Waals surface area contributed by atoms with Crippen LogP contribution in [0.25, 0.3) is 0 Å². The van der Waals surface area contributed by atoms with Gasteiger partial charge in [-0.25, -0.2) is 4.79 Å². The number of rotatable bonds is 6. The first-order chi connectivity index (χ1) is 6.15. The van der Waals surface area contributed by atoms with E-state index >= 15 is 0 Å². The van der Waals surface area contributed by atoms with Crippen LogP contribution in [0.5, 0.6) is 0 Å². The molecule has 0 rings (SSSR count). The third kappa shape index (κ3) is 4.44. The quantitative estimate of drug-likeness (QED) is 0.326. The fourth-order valence-corrected chi connectivity index (χ4v) is 0.522. The SMILES string of the molecule is COC(OC)OC(=O)C(C)OC=O. The van der Waals surface area contributed by atoms with Crippen molar-refractivity contribution in [3.63, 3.8) is 0 Å². The van der Waals surface area contributed by atoms with Crippen LogP contribution in [0.2, 0.25) is 0 Å². The Kier molecular flexibility index (Phi) is 5.82. The van der Waals surface area contributed by atoms with Gasteiger partial charge in [-0.2, -0.15) is 0 Å². The highest BCUT2D eigenvalue weighted by Gasteiger charge is 2.19. The molecule has 0 aromatic carbocycles. The number of hydrogen-bond acceptors (Lipinski definition) is 6. The van der Waals surface area contributed by atoms with Crippen molar-refractivity contribution in [2.45, 2.75) is 19.5 Å². The maximum absolute atomic E-state index is 11.0. The van der Waals surface area contributed by atoms with E-state index in [0.29, 0.717) is 0 Å². The molecule has 0 aliphatic heterocycles. The van der Waals surface area contributed by atoms with E-state index in [-0.39, 0.29) is 6.47 Å². The summed E-state index contributed by atoms with van der Waals surface area (Å²) in [7, 11) is 2.62. The largest absolute Gasteiger partial charge is 0.453 e. The van der Waals surface area contributed by atoms with E-state index in [1.54, 1.807) is 0 Å². The van der Waals surface area contributed by atoms with Gasteiger partial charge in [0.25, 0.3) is 6.47 Å². The Morgan fingerprint density at radius 2 is 1.85 bits per heavy atom. The lowest BCUT2D eigenvalue weighted by Crippen LogP contribution is -2.29. The molecule has 1 atom stereocenters. The highest BCUT2D eigenvalue weighted by molar-refractivity contribution is 5.75. The van der Waals surface area contributed by atoms with Gasteiger partial charge >= 0.3 is 12.4 Å². The molecule has 1 unspecified atom stereocenters. The molecular weight excluding hydrogens is 180 g/mol. The highest BCUT2D eigenvalue weighted by Crippen LogP contribution is 1.99. The lowest BCUT2D eigenvalue weighted by atomic mass is 10.4. The van der Waals surface area contributed by atoms with E-state index in [1.807, 2.05) is 0 Å². The van der Waals surface area contributed by atoms with Crippen molar-refractivity contribution in [1.82, 2.24) is 0 Å². The minimum absolute atomic E-state index is 0.167. The van der Waals surface area contributed by atoms with E-state index in [4.69, 9.17) is 0 Å². The van der Waals surface area contributed by atoms with Crippen LogP contribution in [0.3, 0.4) is 0 Å². The first-order valence-electron chi connectivity index (χ1n) is 3.50. The summed E-state index contributed by atoms with van der Waals surface area (Å²) in [6.07, 6.45) is -0.967. The van der Waals surface area contributed by atoms with Crippen molar-refractivity contribution >= 4 is 12.4 Å². The number of hydrogen-bond donors (Lipinski definition) is 0. The lowest BCUT2D eigenvalue weighted by molar-refractivity contribution is -0.259. The van der Waals surface area contributed by atoms with Crippen molar-refractivity contribution in [3.05, 3.63) is 0 Å². The topological polar surface area (TPSA) is 71.1 Å². The molecule has 0 spiro atoms. The summed E-state index contributed by atoms with van der Waals surface area (Å²) >= 11 is 0. The molecule has 0 saturated carbocycles. The van der Waals surface area contributed by atoms with Gasteiger partial charge in [0.05, 0.1) is 0 Å². The van der Waals surface area contributed by atoms with E-state index < -0.39 is 18.5 Å². The van der Waals surface area contributed by atoms with Crippen LogP contribution in [0.15, 0.2) is 0 Å². The predicted octanol–water partition coefficient (Wildman–Crippen LogP) is -0.333. The van der Waals surface area contributed by atoms with Crippen molar-refractivity contribution in [1.29, 1.82) is 0 Å². The van der Waals surface area contributed by atoms with Gasteiger partial charge in [-0.3, -0.25) is 4.79 Å². The molecule has 76 valence electrons. The van der Waals surface area contributed by atoms with E-state index in [9.17, 15) is 9.59 Å². The Hall–Kier alpha value is -1.14. The zero-order valence-corrected chi connectivity index (χ0v) is 7.68. The van der Waals surface area contributed by atoms with Gasteiger partial charge in [0.2, 0.25) is 0 Å². The third-order valence-corrected chi connectivity index (χ3v) is 1.19. The Morgan fingerprint density at radius 3 is 2.23 bits per heavy atom. The average molecular weight is 192 g/mol. The molecular formula is C7H12O6. The fourth-order valence-electron chi connectivity index (χ4n) is 0.522. The van der Waals surface area contributed by atoms with E-state index in [2.05, 4.69) is 18.9 Å². The van der Waals surface area contributed by atoms with Gasteiger partial charge in [-0.05, 0) is 6.92 Å². The number of ether oxygens (including phenoxy) is 4. The minimum Gasteiger partial charge on any atom is -0.453 e. The van der Waals surface area contributed by atoms with Crippen LogP contribution in [0.4, 0.5) is 0 Å². The van der Waals surface area contributed by atoms with Gasteiger partial charge < -0.3 is 18.9 Å². The zero-order valence-electron chi connectivity index (χ0n) is 7.68. The van der Waals surface area contributed by atoms with Crippen LogP contribution in [0, 0.1) is 0 Å². The van der Waals surface area contributed by atoms with Gasteiger partial charge in [-0.1, -0.05) is 0 Å². The van der Waals surface area contributed by atoms with Crippen LogP contribution < -0.4 is 0 Å². The summed E-state index contributed by atoms with van der Waals surface area (Å²) in [5, 5.41) is 0. The Balaban J connectivity index is 3.89. The van der Waals surface area contributed by atoms with Crippen LogP contribution in [-0.4, -0.2) is 39.2 Å². The molecule has 0 bridgehead atoms. The summed E-state index contributed by atoms with van der Waals surface area (Å²) < 4.78 is 18.1. The summed E-state index contributed by atoms with van der Waals surface area (Å²) in [6, 6.07) is 0. The summed E-state index contributed by atoms with van der Waals surface area (Å²) in [5.74, 6) is -0.735. The molecule has 0 fully saturated rings. The molecule has 0 aromatic rings. The first kappa shape index (κ1) is 11.9. The molecule has 13 heavy (non-hydrogen) atoms. The van der Waals surface area contributed by atoms with E-state index in [0.717, 1.165) is 0 Å². The summed E-state index contributed by atoms with van der Waals surface area (Å²) in [5.41, 5.74) is 0. The Labute approximate surface area is 75.7 Å². The Bertz CT molecular complexity index is 164. The minimum atomic E-state index is -1.08. The van der Waals surface area contributed by atoms with Crippen molar-refractivity contribution in [3.8, 4) is 0 Å². The second-order valence-corrected chi connectivity index (χ2v) is 2.07. The molecule has 0 aromatic heterocycles. The second-order valence-electron chi connectivity index (χ2n) is 2.07. The molecule has 0 N–H and O–H groups in total. The molecule has 0 aliphatic rings. The standard InChI is InChI=1S/C7H12O6/c1-5(12-4-8)6(9)13-7(10-2)11-3/h4-5,7H,1-3H3. The molecule has 0 aliphatic carbocycles. The average Bonchev–Trinajstić information content (AvgIpc) is 2.14. The van der Waals surface area contributed by atoms with Crippen molar-refractivity contribution in [2.24, 2.45) is 0 Å². The molecule has 0 radical (unpaired) electrons. The van der Waals surface area contributed by atoms with Gasteiger partial charge in [0.15, 0.2) is 6.10 Å². The molecule has 0 amide bonds. The Morgan fingerprint density at radius 1 is 1.31 bits per heavy atom. The fraction of sp³-hybridized carbons (Fsp3) is 0.714. The molecule has 0 heterocycles. The summed E-state index contributed by atoms with van der Waals surface area (Å²) in [4.78, 5) is 20.8. The van der Waals surface area contributed by atoms with Gasteiger partial charge in [0, 0.05) is 14.2 Å². The molecule has 6 nitrogen and oxygen atoms in total. The van der Waals surface area contributed by atoms with Gasteiger partial charge in [0.1, 0.15) is 0 Å². The number of carbonyl (C=O) groups excluding carboxylic acids is 2. The molecule has 6 heteroatoms. The van der Waals surface area contributed by atoms with Crippen LogP contribution >= 0.6 is 0 Å². The molecule has 0 saturated heterocycles. The lowest BCUT2D eigenvalue weighted by Gasteiger charge is -2.15. The summed E-state index contributed by atoms with van der Waals surface area (Å²) in [6.45, 7) is 0.463. The number of methoxy groups -OCH3 is 2. The third-order valence-electron chi connectivity index (χ3n) is 1.19. The highest BCUT2D eigenvalue weighted by atomic mass is 16.8. The van der Waals surface area contributed by atoms with Crippen molar-refractivity contribution < 1.29 is 28.5 Å². The van der Waals surface area contributed by atoms with Crippen molar-refractivity contribution in [2.75, 3.05) is 14.2 Å². The normalized spacial score (nSPS) is 12.3. The smallest absolute Gasteiger partial charge is 0.351 e. The zero-order chi connectivity index (χ0) is 10.3. The van der Waals surface area contributed by atoms with Crippen LogP contribution in [-0.2, 0) is 28.5 Å². The number of esters is 1. The van der Waals surface area contributed by atoms with E-state index in [1.165, 1.54) is 21.1 Å². The second kappa shape index (κ2) is 6.38. The predicted molar refractivity (Wildman–Crippen MR) is 40.5 cm³/mol. The maximum atomic E-state index is 11.0. The maximum Gasteiger partial charge on any atom is 0.351 e.